The van der Waals surface area contributed by atoms with Gasteiger partial charge >= 0.3 is 0 Å². The largest absolute Gasteiger partial charge is 0.292 e. The van der Waals surface area contributed by atoms with Gasteiger partial charge in [-0.2, -0.15) is 0 Å². The van der Waals surface area contributed by atoms with E-state index in [1.54, 1.807) is 0 Å². The zero-order valence-corrected chi connectivity index (χ0v) is 47.9. The summed E-state index contributed by atoms with van der Waals surface area (Å²) >= 11 is 0. The molecule has 6 heteroatoms. The average Bonchev–Trinajstić information content (AvgIpc) is 3.74. The van der Waals surface area contributed by atoms with Crippen molar-refractivity contribution in [2.75, 3.05) is 0 Å². The molecule has 0 saturated heterocycles. The van der Waals surface area contributed by atoms with Crippen molar-refractivity contribution in [2.45, 2.75) is 0 Å². The van der Waals surface area contributed by atoms with Crippen molar-refractivity contribution in [2.24, 2.45) is 0 Å². The molecule has 0 unspecified atom stereocenters. The Balaban J connectivity index is 0.593. The molecule has 88 heavy (non-hydrogen) atoms. The highest BCUT2D eigenvalue weighted by molar-refractivity contribution is 5.89. The number of hydrogen-bond donors (Lipinski definition) is 0. The zero-order chi connectivity index (χ0) is 58.3. The maximum absolute atomic E-state index is 5.24. The van der Waals surface area contributed by atoms with Crippen LogP contribution < -0.4 is 0 Å². The first kappa shape index (κ1) is 51.8. The molecular weight excluding hydrogens is 1070 g/mol. The van der Waals surface area contributed by atoms with Gasteiger partial charge in [-0.05, 0) is 127 Å². The standard InChI is InChI=1S/C82H54N6/c1-3-13-71(14-4-1)87-77-21-11-9-19-75(77)85-81(87)69-51-43-65(44-52-69)61-35-27-57(28-36-61)55-23-31-59(32-24-55)63-39-47-67(48-40-63)79-80(84-74-18-8-7-17-73(74)83-79)68-49-41-64(42-50-68)60-33-25-56(26-34-60)58-29-37-62(38-30-58)66-45-53-70(54-46-66)82-86-76-20-10-12-22-78(76)88(82)72-15-5-2-6-16-72/h1-54H. The molecule has 412 valence electrons. The molecule has 0 spiro atoms. The van der Waals surface area contributed by atoms with Crippen LogP contribution in [0.15, 0.2) is 328 Å². The Hall–Kier alpha value is -11.9. The predicted octanol–water partition coefficient (Wildman–Crippen LogP) is 21.0. The normalized spacial score (nSPS) is 11.4. The van der Waals surface area contributed by atoms with E-state index >= 15 is 0 Å². The first-order valence-electron chi connectivity index (χ1n) is 29.8. The molecule has 6 nitrogen and oxygen atoms in total. The molecule has 0 atom stereocenters. The third kappa shape index (κ3) is 9.80. The van der Waals surface area contributed by atoms with Crippen LogP contribution in [0.1, 0.15) is 0 Å². The Morgan fingerprint density at radius 2 is 0.364 bits per heavy atom. The zero-order valence-electron chi connectivity index (χ0n) is 47.9. The number of fused-ring (bicyclic) bond motifs is 3. The average molecular weight is 1120 g/mol. The number of rotatable bonds is 12. The van der Waals surface area contributed by atoms with Crippen molar-refractivity contribution in [3.8, 4) is 123 Å². The van der Waals surface area contributed by atoms with Crippen LogP contribution in [0, 0.1) is 0 Å². The number of aromatic nitrogens is 6. The van der Waals surface area contributed by atoms with Gasteiger partial charge in [0.25, 0.3) is 0 Å². The van der Waals surface area contributed by atoms with Crippen molar-refractivity contribution in [1.29, 1.82) is 0 Å². The summed E-state index contributed by atoms with van der Waals surface area (Å²) in [5.41, 5.74) is 27.8. The van der Waals surface area contributed by atoms with Gasteiger partial charge < -0.3 is 0 Å². The second-order valence-electron chi connectivity index (χ2n) is 22.2. The van der Waals surface area contributed by atoms with Gasteiger partial charge in [0.15, 0.2) is 0 Å². The highest BCUT2D eigenvalue weighted by Crippen LogP contribution is 2.38. The van der Waals surface area contributed by atoms with Gasteiger partial charge in [-0.1, -0.05) is 267 Å². The predicted molar refractivity (Wildman–Crippen MR) is 363 cm³/mol. The molecule has 16 rings (SSSR count). The Labute approximate surface area is 510 Å². The van der Waals surface area contributed by atoms with Gasteiger partial charge in [-0.25, -0.2) is 19.9 Å². The van der Waals surface area contributed by atoms with Gasteiger partial charge in [0.05, 0.1) is 44.5 Å². The third-order valence-corrected chi connectivity index (χ3v) is 16.9. The lowest BCUT2D eigenvalue weighted by atomic mass is 9.96. The molecule has 13 aromatic carbocycles. The van der Waals surface area contributed by atoms with Gasteiger partial charge in [0.2, 0.25) is 0 Å². The highest BCUT2D eigenvalue weighted by atomic mass is 15.1. The number of nitrogens with zero attached hydrogens (tertiary/aromatic N) is 6. The van der Waals surface area contributed by atoms with E-state index in [0.717, 1.165) is 123 Å². The summed E-state index contributed by atoms with van der Waals surface area (Å²) in [6.07, 6.45) is 0. The van der Waals surface area contributed by atoms with Crippen LogP contribution >= 0.6 is 0 Å². The van der Waals surface area contributed by atoms with E-state index in [-0.39, 0.29) is 0 Å². The van der Waals surface area contributed by atoms with Crippen molar-refractivity contribution >= 4 is 33.1 Å². The van der Waals surface area contributed by atoms with Crippen LogP contribution in [0.2, 0.25) is 0 Å². The molecule has 0 aliphatic heterocycles. The van der Waals surface area contributed by atoms with Crippen LogP contribution in [0.4, 0.5) is 0 Å². The van der Waals surface area contributed by atoms with Crippen LogP contribution in [0.5, 0.6) is 0 Å². The van der Waals surface area contributed by atoms with E-state index in [2.05, 4.69) is 288 Å². The van der Waals surface area contributed by atoms with Crippen molar-refractivity contribution in [3.63, 3.8) is 0 Å². The second kappa shape index (κ2) is 22.3. The summed E-state index contributed by atoms with van der Waals surface area (Å²) in [5.74, 6) is 1.86. The van der Waals surface area contributed by atoms with Gasteiger partial charge in [0, 0.05) is 33.6 Å². The Morgan fingerprint density at radius 3 is 0.625 bits per heavy atom. The smallest absolute Gasteiger partial charge is 0.145 e. The molecule has 0 aliphatic rings. The fourth-order valence-corrected chi connectivity index (χ4v) is 12.2. The lowest BCUT2D eigenvalue weighted by Gasteiger charge is -2.12. The summed E-state index contributed by atoms with van der Waals surface area (Å²) in [7, 11) is 0. The van der Waals surface area contributed by atoms with Crippen molar-refractivity contribution in [3.05, 3.63) is 328 Å². The van der Waals surface area contributed by atoms with E-state index in [1.807, 2.05) is 48.5 Å². The summed E-state index contributed by atoms with van der Waals surface area (Å²) in [6.45, 7) is 0. The first-order valence-corrected chi connectivity index (χ1v) is 29.8. The minimum Gasteiger partial charge on any atom is -0.292 e. The fraction of sp³-hybridized carbons (Fsp3) is 0. The molecule has 0 aliphatic carbocycles. The van der Waals surface area contributed by atoms with E-state index in [1.165, 1.54) is 33.4 Å². The summed E-state index contributed by atoms with van der Waals surface area (Å²) in [6, 6.07) is 116. The minimum absolute atomic E-state index is 0.851. The molecule has 0 radical (unpaired) electrons. The number of imidazole rings is 2. The summed E-state index contributed by atoms with van der Waals surface area (Å²) in [5, 5.41) is 0. The van der Waals surface area contributed by atoms with Crippen LogP contribution in [0.25, 0.3) is 157 Å². The maximum Gasteiger partial charge on any atom is 0.145 e. The highest BCUT2D eigenvalue weighted by Gasteiger charge is 2.18. The minimum atomic E-state index is 0.851. The van der Waals surface area contributed by atoms with E-state index in [9.17, 15) is 0 Å². The van der Waals surface area contributed by atoms with Crippen molar-refractivity contribution < 1.29 is 0 Å². The van der Waals surface area contributed by atoms with Crippen LogP contribution in [0.3, 0.4) is 0 Å². The summed E-state index contributed by atoms with van der Waals surface area (Å²) in [4.78, 5) is 20.6. The SMILES string of the molecule is c1ccc(-n2c(-c3ccc(-c4ccc(-c5ccc(-c6ccc(-c7nc8ccccc8nc7-c7ccc(-c8ccc(-c9ccc(-c%10ccc(-c%11nc%12ccccc%12n%11-c%11ccccc%11)cc%10)cc9)cc8)cc7)cc6)cc5)cc4)cc3)nc3ccccc32)cc1. The van der Waals surface area contributed by atoms with E-state index in [0.29, 0.717) is 0 Å². The molecule has 0 bridgehead atoms. The molecule has 3 heterocycles. The lowest BCUT2D eigenvalue weighted by Crippen LogP contribution is -1.97. The molecule has 0 saturated carbocycles. The van der Waals surface area contributed by atoms with Crippen LogP contribution in [-0.4, -0.2) is 29.1 Å². The Bertz CT molecular complexity index is 4820. The monoisotopic (exact) mass is 1120 g/mol. The summed E-state index contributed by atoms with van der Waals surface area (Å²) < 4.78 is 4.48. The number of benzene rings is 13. The van der Waals surface area contributed by atoms with Gasteiger partial charge in [-0.15, -0.1) is 0 Å². The van der Waals surface area contributed by atoms with Crippen molar-refractivity contribution in [1.82, 2.24) is 29.1 Å². The van der Waals surface area contributed by atoms with Crippen LogP contribution in [-0.2, 0) is 0 Å². The van der Waals surface area contributed by atoms with Gasteiger partial charge in [0.1, 0.15) is 11.6 Å². The number of hydrogen-bond acceptors (Lipinski definition) is 4. The first-order chi connectivity index (χ1) is 43.6. The Kier molecular flexibility index (Phi) is 13.1. The van der Waals surface area contributed by atoms with E-state index < -0.39 is 0 Å². The molecule has 0 fully saturated rings. The second-order valence-corrected chi connectivity index (χ2v) is 22.2. The third-order valence-electron chi connectivity index (χ3n) is 16.9. The molecule has 3 aromatic heterocycles. The lowest BCUT2D eigenvalue weighted by molar-refractivity contribution is 1.10. The fourth-order valence-electron chi connectivity index (χ4n) is 12.2. The topological polar surface area (TPSA) is 61.4 Å². The molecular formula is C82H54N6. The Morgan fingerprint density at radius 1 is 0.159 bits per heavy atom. The molecule has 0 N–H and O–H groups in total. The van der Waals surface area contributed by atoms with E-state index in [4.69, 9.17) is 19.9 Å². The maximum atomic E-state index is 5.24. The van der Waals surface area contributed by atoms with Gasteiger partial charge in [-0.3, -0.25) is 9.13 Å². The number of para-hydroxylation sites is 8. The quantitative estimate of drug-likeness (QED) is 0.122. The molecule has 0 amide bonds. The molecule has 16 aromatic rings.